The van der Waals surface area contributed by atoms with Crippen LogP contribution in [-0.4, -0.2) is 21.3 Å². The van der Waals surface area contributed by atoms with Crippen molar-refractivity contribution in [3.63, 3.8) is 0 Å². The molecule has 0 amide bonds. The zero-order valence-corrected chi connectivity index (χ0v) is 12.7. The minimum absolute atomic E-state index is 0.889. The van der Waals surface area contributed by atoms with Crippen molar-refractivity contribution < 1.29 is 0 Å². The van der Waals surface area contributed by atoms with Gasteiger partial charge in [0.25, 0.3) is 0 Å². The van der Waals surface area contributed by atoms with Crippen LogP contribution in [0.15, 0.2) is 24.5 Å². The number of nitrogens with zero attached hydrogens (tertiary/aromatic N) is 3. The highest BCUT2D eigenvalue weighted by molar-refractivity contribution is 5.31. The Morgan fingerprint density at radius 3 is 2.70 bits per heavy atom. The maximum atomic E-state index is 4.71. The molecule has 4 nitrogen and oxygen atoms in total. The molecule has 0 unspecified atom stereocenters. The van der Waals surface area contributed by atoms with Crippen molar-refractivity contribution in [1.29, 1.82) is 0 Å². The van der Waals surface area contributed by atoms with Gasteiger partial charge in [0.15, 0.2) is 5.82 Å². The lowest BCUT2D eigenvalue weighted by atomic mass is 10.1. The number of rotatable bonds is 7. The number of aryl methyl sites for hydroxylation is 2. The molecule has 2 rings (SSSR count). The van der Waals surface area contributed by atoms with E-state index >= 15 is 0 Å². The Kier molecular flexibility index (Phi) is 5.30. The van der Waals surface area contributed by atoms with E-state index in [1.54, 1.807) is 0 Å². The van der Waals surface area contributed by atoms with E-state index < -0.39 is 0 Å². The Hall–Kier alpha value is -1.68. The molecule has 0 saturated heterocycles. The van der Waals surface area contributed by atoms with Crippen LogP contribution in [0.1, 0.15) is 43.5 Å². The fourth-order valence-electron chi connectivity index (χ4n) is 2.18. The van der Waals surface area contributed by atoms with E-state index in [1.165, 1.54) is 5.56 Å². The zero-order chi connectivity index (χ0) is 14.4. The Morgan fingerprint density at radius 2 is 2.05 bits per heavy atom. The lowest BCUT2D eigenvalue weighted by Gasteiger charge is -2.09. The average Bonchev–Trinajstić information content (AvgIpc) is 2.86. The first-order valence-corrected chi connectivity index (χ1v) is 7.45. The Bertz CT molecular complexity index is 545. The third-order valence-corrected chi connectivity index (χ3v) is 3.13. The van der Waals surface area contributed by atoms with Gasteiger partial charge in [-0.15, -0.1) is 0 Å². The molecule has 2 aromatic heterocycles. The Balaban J connectivity index is 2.25. The van der Waals surface area contributed by atoms with Gasteiger partial charge in [-0.05, 0) is 49.6 Å². The van der Waals surface area contributed by atoms with Gasteiger partial charge in [0.2, 0.25) is 0 Å². The van der Waals surface area contributed by atoms with Crippen molar-refractivity contribution >= 4 is 0 Å². The summed E-state index contributed by atoms with van der Waals surface area (Å²) in [5, 5.41) is 7.81. The van der Waals surface area contributed by atoms with Gasteiger partial charge in [-0.2, -0.15) is 5.10 Å². The van der Waals surface area contributed by atoms with E-state index in [1.807, 2.05) is 24.0 Å². The normalized spacial score (nSPS) is 10.9. The summed E-state index contributed by atoms with van der Waals surface area (Å²) in [7, 11) is 0. The van der Waals surface area contributed by atoms with Crippen LogP contribution in [0.2, 0.25) is 0 Å². The van der Waals surface area contributed by atoms with Crippen molar-refractivity contribution in [3.8, 4) is 5.82 Å². The average molecular weight is 272 g/mol. The van der Waals surface area contributed by atoms with Crippen molar-refractivity contribution in [2.24, 2.45) is 0 Å². The molecule has 4 heteroatoms. The highest BCUT2D eigenvalue weighted by Crippen LogP contribution is 2.12. The highest BCUT2D eigenvalue weighted by Gasteiger charge is 2.05. The van der Waals surface area contributed by atoms with Crippen LogP contribution in [0.5, 0.6) is 0 Å². The molecular weight excluding hydrogens is 248 g/mol. The SMILES string of the molecule is CCCNCc1cc(CCC)nc(-n2cc(C)cn2)c1. The largest absolute Gasteiger partial charge is 0.313 e. The first-order valence-electron chi connectivity index (χ1n) is 7.45. The molecule has 1 N–H and O–H groups in total. The van der Waals surface area contributed by atoms with Crippen LogP contribution in [0, 0.1) is 6.92 Å². The van der Waals surface area contributed by atoms with Gasteiger partial charge in [-0.25, -0.2) is 9.67 Å². The van der Waals surface area contributed by atoms with Gasteiger partial charge in [-0.1, -0.05) is 20.3 Å². The molecule has 0 aliphatic carbocycles. The van der Waals surface area contributed by atoms with Crippen LogP contribution in [-0.2, 0) is 13.0 Å². The topological polar surface area (TPSA) is 42.7 Å². The number of hydrogen-bond donors (Lipinski definition) is 1. The van der Waals surface area contributed by atoms with Gasteiger partial charge < -0.3 is 5.32 Å². The maximum Gasteiger partial charge on any atom is 0.153 e. The molecule has 0 atom stereocenters. The monoisotopic (exact) mass is 272 g/mol. The second-order valence-electron chi connectivity index (χ2n) is 5.21. The van der Waals surface area contributed by atoms with Gasteiger partial charge in [0.1, 0.15) is 0 Å². The molecule has 0 spiro atoms. The predicted octanol–water partition coefficient (Wildman–Crippen LogP) is 3.03. The maximum absolute atomic E-state index is 4.71. The van der Waals surface area contributed by atoms with E-state index in [0.717, 1.165) is 49.4 Å². The van der Waals surface area contributed by atoms with E-state index in [2.05, 4.69) is 36.4 Å². The lowest BCUT2D eigenvalue weighted by molar-refractivity contribution is 0.672. The summed E-state index contributed by atoms with van der Waals surface area (Å²) in [5.74, 6) is 0.914. The van der Waals surface area contributed by atoms with Gasteiger partial charge in [0.05, 0.1) is 6.20 Å². The second-order valence-corrected chi connectivity index (χ2v) is 5.21. The standard InChI is InChI=1S/C16H24N4/c1-4-6-15-8-14(11-17-7-5-2)9-16(19-15)20-12-13(3)10-18-20/h8-10,12,17H,4-7,11H2,1-3H3. The minimum atomic E-state index is 0.889. The summed E-state index contributed by atoms with van der Waals surface area (Å²) < 4.78 is 1.86. The summed E-state index contributed by atoms with van der Waals surface area (Å²) in [4.78, 5) is 4.71. The summed E-state index contributed by atoms with van der Waals surface area (Å²) in [6.45, 7) is 8.34. The van der Waals surface area contributed by atoms with E-state index in [-0.39, 0.29) is 0 Å². The number of hydrogen-bond acceptors (Lipinski definition) is 3. The molecule has 2 heterocycles. The van der Waals surface area contributed by atoms with Gasteiger partial charge in [0, 0.05) is 18.4 Å². The lowest BCUT2D eigenvalue weighted by Crippen LogP contribution is -2.15. The first-order chi connectivity index (χ1) is 9.72. The third kappa shape index (κ3) is 3.90. The van der Waals surface area contributed by atoms with Gasteiger partial charge >= 0.3 is 0 Å². The van der Waals surface area contributed by atoms with E-state index in [9.17, 15) is 0 Å². The summed E-state index contributed by atoms with van der Waals surface area (Å²) >= 11 is 0. The third-order valence-electron chi connectivity index (χ3n) is 3.13. The summed E-state index contributed by atoms with van der Waals surface area (Å²) in [6, 6.07) is 4.32. The Morgan fingerprint density at radius 1 is 1.20 bits per heavy atom. The van der Waals surface area contributed by atoms with Crippen molar-refractivity contribution in [3.05, 3.63) is 41.3 Å². The molecule has 0 saturated carbocycles. The van der Waals surface area contributed by atoms with E-state index in [4.69, 9.17) is 4.98 Å². The smallest absolute Gasteiger partial charge is 0.153 e. The number of aromatic nitrogens is 3. The van der Waals surface area contributed by atoms with E-state index in [0.29, 0.717) is 0 Å². The van der Waals surface area contributed by atoms with Crippen molar-refractivity contribution in [2.45, 2.75) is 46.6 Å². The number of pyridine rings is 1. The molecule has 0 aromatic carbocycles. The molecule has 20 heavy (non-hydrogen) atoms. The molecule has 0 radical (unpaired) electrons. The van der Waals surface area contributed by atoms with Crippen LogP contribution in [0.3, 0.4) is 0 Å². The number of nitrogens with one attached hydrogen (secondary N) is 1. The molecule has 108 valence electrons. The van der Waals surface area contributed by atoms with Crippen LogP contribution in [0.25, 0.3) is 5.82 Å². The van der Waals surface area contributed by atoms with Crippen molar-refractivity contribution in [1.82, 2.24) is 20.1 Å². The van der Waals surface area contributed by atoms with Gasteiger partial charge in [-0.3, -0.25) is 0 Å². The van der Waals surface area contributed by atoms with Crippen molar-refractivity contribution in [2.75, 3.05) is 6.54 Å². The molecular formula is C16H24N4. The predicted molar refractivity (Wildman–Crippen MR) is 82.1 cm³/mol. The zero-order valence-electron chi connectivity index (χ0n) is 12.7. The van der Waals surface area contributed by atoms with Crippen LogP contribution in [0.4, 0.5) is 0 Å². The first kappa shape index (κ1) is 14.7. The Labute approximate surface area is 121 Å². The fourth-order valence-corrected chi connectivity index (χ4v) is 2.18. The minimum Gasteiger partial charge on any atom is -0.313 e. The highest BCUT2D eigenvalue weighted by atomic mass is 15.3. The molecule has 0 bridgehead atoms. The quantitative estimate of drug-likeness (QED) is 0.788. The fraction of sp³-hybridized carbons (Fsp3) is 0.500. The summed E-state index contributed by atoms with van der Waals surface area (Å²) in [6.07, 6.45) is 7.15. The summed E-state index contributed by atoms with van der Waals surface area (Å²) in [5.41, 5.74) is 3.57. The molecule has 0 fully saturated rings. The molecule has 2 aromatic rings. The second kappa shape index (κ2) is 7.20. The molecule has 0 aliphatic rings. The van der Waals surface area contributed by atoms with Crippen LogP contribution < -0.4 is 5.32 Å². The molecule has 0 aliphatic heterocycles. The van der Waals surface area contributed by atoms with Crippen LogP contribution >= 0.6 is 0 Å².